The van der Waals surface area contributed by atoms with Crippen molar-refractivity contribution in [2.24, 2.45) is 11.8 Å². The Kier molecular flexibility index (Phi) is 4.75. The van der Waals surface area contributed by atoms with E-state index in [4.69, 9.17) is 0 Å². The molecule has 4 nitrogen and oxygen atoms in total. The monoisotopic (exact) mass is 250 g/mol. The van der Waals surface area contributed by atoms with Crippen molar-refractivity contribution in [1.82, 2.24) is 20.5 Å². The van der Waals surface area contributed by atoms with Crippen molar-refractivity contribution in [3.05, 3.63) is 12.2 Å². The highest BCUT2D eigenvalue weighted by atomic mass is 15.2. The molecule has 0 amide bonds. The molecule has 0 saturated heterocycles. The molecule has 18 heavy (non-hydrogen) atoms. The molecule has 102 valence electrons. The Balaban J connectivity index is 1.83. The highest BCUT2D eigenvalue weighted by Crippen LogP contribution is 2.29. The summed E-state index contributed by atoms with van der Waals surface area (Å²) >= 11 is 0. The number of aromatic nitrogens is 3. The summed E-state index contributed by atoms with van der Waals surface area (Å²) in [6.07, 6.45) is 8.27. The van der Waals surface area contributed by atoms with Gasteiger partial charge in [-0.05, 0) is 38.0 Å². The zero-order valence-corrected chi connectivity index (χ0v) is 11.8. The SMILES string of the molecule is CC(NC1CCCC(C(C)C)CC1)c1ncn[nH]1. The van der Waals surface area contributed by atoms with Crippen molar-refractivity contribution in [3.63, 3.8) is 0 Å². The zero-order chi connectivity index (χ0) is 13.0. The molecule has 3 atom stereocenters. The number of nitrogens with one attached hydrogen (secondary N) is 2. The van der Waals surface area contributed by atoms with E-state index in [9.17, 15) is 0 Å². The lowest BCUT2D eigenvalue weighted by Gasteiger charge is -2.21. The van der Waals surface area contributed by atoms with Crippen LogP contribution in [-0.2, 0) is 0 Å². The van der Waals surface area contributed by atoms with Gasteiger partial charge in [0.25, 0.3) is 0 Å². The number of rotatable bonds is 4. The van der Waals surface area contributed by atoms with Crippen molar-refractivity contribution in [2.75, 3.05) is 0 Å². The maximum Gasteiger partial charge on any atom is 0.141 e. The summed E-state index contributed by atoms with van der Waals surface area (Å²) in [5.74, 6) is 2.69. The molecule has 1 aliphatic carbocycles. The van der Waals surface area contributed by atoms with Gasteiger partial charge in [0, 0.05) is 6.04 Å². The molecule has 2 N–H and O–H groups in total. The smallest absolute Gasteiger partial charge is 0.141 e. The van der Waals surface area contributed by atoms with E-state index in [1.807, 2.05) is 0 Å². The van der Waals surface area contributed by atoms with Crippen LogP contribution in [0.2, 0.25) is 0 Å². The maximum atomic E-state index is 4.22. The molecular weight excluding hydrogens is 224 g/mol. The molecule has 4 heteroatoms. The second kappa shape index (κ2) is 6.32. The molecule has 1 aromatic rings. The van der Waals surface area contributed by atoms with Crippen LogP contribution in [0.5, 0.6) is 0 Å². The van der Waals surface area contributed by atoms with Crippen LogP contribution < -0.4 is 5.32 Å². The molecule has 2 rings (SSSR count). The van der Waals surface area contributed by atoms with Gasteiger partial charge in [-0.1, -0.05) is 26.7 Å². The maximum absolute atomic E-state index is 4.22. The summed E-state index contributed by atoms with van der Waals surface area (Å²) in [4.78, 5) is 4.22. The first-order valence-electron chi connectivity index (χ1n) is 7.28. The topological polar surface area (TPSA) is 53.6 Å². The molecule has 0 aromatic carbocycles. The van der Waals surface area contributed by atoms with Crippen LogP contribution in [0.3, 0.4) is 0 Å². The first-order chi connectivity index (χ1) is 8.66. The van der Waals surface area contributed by atoms with E-state index in [0.717, 1.165) is 17.7 Å². The van der Waals surface area contributed by atoms with E-state index in [0.29, 0.717) is 6.04 Å². The predicted octanol–water partition coefficient (Wildman–Crippen LogP) is 3.06. The zero-order valence-electron chi connectivity index (χ0n) is 11.8. The minimum absolute atomic E-state index is 0.271. The van der Waals surface area contributed by atoms with Crippen molar-refractivity contribution in [3.8, 4) is 0 Å². The molecule has 3 unspecified atom stereocenters. The average Bonchev–Trinajstić information content (AvgIpc) is 2.77. The van der Waals surface area contributed by atoms with Crippen LogP contribution in [0.15, 0.2) is 6.33 Å². The predicted molar refractivity (Wildman–Crippen MR) is 73.1 cm³/mol. The van der Waals surface area contributed by atoms with Gasteiger partial charge < -0.3 is 5.32 Å². The standard InChI is InChI=1S/C14H26N4/c1-10(2)12-5-4-6-13(8-7-12)17-11(3)14-15-9-16-18-14/h9-13,17H,4-8H2,1-3H3,(H,15,16,18). The van der Waals surface area contributed by atoms with Gasteiger partial charge in [0.05, 0.1) is 6.04 Å². The van der Waals surface area contributed by atoms with Gasteiger partial charge in [0.2, 0.25) is 0 Å². The number of hydrogen-bond donors (Lipinski definition) is 2. The molecule has 0 bridgehead atoms. The van der Waals surface area contributed by atoms with Crippen LogP contribution in [0.25, 0.3) is 0 Å². The van der Waals surface area contributed by atoms with E-state index in [2.05, 4.69) is 41.3 Å². The van der Waals surface area contributed by atoms with Crippen LogP contribution in [0.4, 0.5) is 0 Å². The van der Waals surface area contributed by atoms with Crippen LogP contribution in [0, 0.1) is 11.8 Å². The first-order valence-corrected chi connectivity index (χ1v) is 7.28. The molecule has 0 spiro atoms. The van der Waals surface area contributed by atoms with E-state index in [1.165, 1.54) is 32.1 Å². The van der Waals surface area contributed by atoms with E-state index in [1.54, 1.807) is 6.33 Å². The van der Waals surface area contributed by atoms with Crippen LogP contribution in [0.1, 0.15) is 64.7 Å². The second-order valence-electron chi connectivity index (χ2n) is 5.97. The third-order valence-electron chi connectivity index (χ3n) is 4.29. The van der Waals surface area contributed by atoms with Crippen molar-refractivity contribution in [1.29, 1.82) is 0 Å². The van der Waals surface area contributed by atoms with Gasteiger partial charge in [0.1, 0.15) is 12.2 Å². The normalized spacial score (nSPS) is 27.1. The molecule has 1 fully saturated rings. The largest absolute Gasteiger partial charge is 0.305 e. The van der Waals surface area contributed by atoms with Crippen molar-refractivity contribution >= 4 is 0 Å². The van der Waals surface area contributed by atoms with Gasteiger partial charge in [-0.3, -0.25) is 5.10 Å². The van der Waals surface area contributed by atoms with Gasteiger partial charge in [-0.15, -0.1) is 0 Å². The summed E-state index contributed by atoms with van der Waals surface area (Å²) in [6.45, 7) is 6.87. The first kappa shape index (κ1) is 13.5. The number of aromatic amines is 1. The third-order valence-corrected chi connectivity index (χ3v) is 4.29. The van der Waals surface area contributed by atoms with E-state index < -0.39 is 0 Å². The fourth-order valence-electron chi connectivity index (χ4n) is 3.02. The fourth-order valence-corrected chi connectivity index (χ4v) is 3.02. The number of H-pyrrole nitrogens is 1. The van der Waals surface area contributed by atoms with Crippen LogP contribution >= 0.6 is 0 Å². The average molecular weight is 250 g/mol. The Hall–Kier alpha value is -0.900. The minimum atomic E-state index is 0.271. The van der Waals surface area contributed by atoms with Crippen LogP contribution in [-0.4, -0.2) is 21.2 Å². The Morgan fingerprint density at radius 2 is 2.06 bits per heavy atom. The second-order valence-corrected chi connectivity index (χ2v) is 5.97. The summed E-state index contributed by atoms with van der Waals surface area (Å²) in [5, 5.41) is 10.5. The Bertz CT molecular complexity index is 334. The summed E-state index contributed by atoms with van der Waals surface area (Å²) < 4.78 is 0. The highest BCUT2D eigenvalue weighted by molar-refractivity contribution is 4.90. The molecule has 1 heterocycles. The molecule has 1 aliphatic rings. The Morgan fingerprint density at radius 1 is 1.22 bits per heavy atom. The summed E-state index contributed by atoms with van der Waals surface area (Å²) in [5.41, 5.74) is 0. The molecule has 0 aliphatic heterocycles. The fraction of sp³-hybridized carbons (Fsp3) is 0.857. The summed E-state index contributed by atoms with van der Waals surface area (Å²) in [6, 6.07) is 0.905. The van der Waals surface area contributed by atoms with Crippen molar-refractivity contribution < 1.29 is 0 Å². The minimum Gasteiger partial charge on any atom is -0.305 e. The molecule has 1 aromatic heterocycles. The van der Waals surface area contributed by atoms with Gasteiger partial charge in [-0.25, -0.2) is 4.98 Å². The Labute approximate surface area is 110 Å². The van der Waals surface area contributed by atoms with E-state index >= 15 is 0 Å². The van der Waals surface area contributed by atoms with Gasteiger partial charge in [-0.2, -0.15) is 5.10 Å². The van der Waals surface area contributed by atoms with Crippen molar-refractivity contribution in [2.45, 2.75) is 65.0 Å². The number of nitrogens with zero attached hydrogens (tertiary/aromatic N) is 2. The highest BCUT2D eigenvalue weighted by Gasteiger charge is 2.22. The lowest BCUT2D eigenvalue weighted by atomic mass is 9.89. The molecular formula is C14H26N4. The third kappa shape index (κ3) is 3.55. The Morgan fingerprint density at radius 3 is 2.72 bits per heavy atom. The quantitative estimate of drug-likeness (QED) is 0.807. The van der Waals surface area contributed by atoms with E-state index in [-0.39, 0.29) is 6.04 Å². The lowest BCUT2D eigenvalue weighted by molar-refractivity contribution is 0.334. The molecule has 1 saturated carbocycles. The number of hydrogen-bond acceptors (Lipinski definition) is 3. The summed E-state index contributed by atoms with van der Waals surface area (Å²) in [7, 11) is 0. The lowest BCUT2D eigenvalue weighted by Crippen LogP contribution is -2.31. The molecule has 0 radical (unpaired) electrons. The van der Waals surface area contributed by atoms with Gasteiger partial charge >= 0.3 is 0 Å². The van der Waals surface area contributed by atoms with Gasteiger partial charge in [0.15, 0.2) is 0 Å².